The van der Waals surface area contributed by atoms with Gasteiger partial charge in [-0.3, -0.25) is 0 Å². The highest BCUT2D eigenvalue weighted by atomic mass is 16.3. The molecule has 2 N–H and O–H groups in total. The van der Waals surface area contributed by atoms with Crippen molar-refractivity contribution in [1.82, 2.24) is 9.97 Å². The van der Waals surface area contributed by atoms with Gasteiger partial charge in [0, 0.05) is 11.6 Å². The van der Waals surface area contributed by atoms with Crippen LogP contribution in [0, 0.1) is 11.3 Å². The molecule has 1 saturated carbocycles. The van der Waals surface area contributed by atoms with E-state index in [1.165, 1.54) is 24.8 Å². The van der Waals surface area contributed by atoms with Gasteiger partial charge in [0.1, 0.15) is 11.5 Å². The lowest BCUT2D eigenvalue weighted by Crippen LogP contribution is -2.12. The Labute approximate surface area is 171 Å². The zero-order valence-corrected chi connectivity index (χ0v) is 16.8. The van der Waals surface area contributed by atoms with Crippen molar-refractivity contribution in [1.29, 1.82) is 5.26 Å². The number of benzene rings is 1. The Morgan fingerprint density at radius 3 is 2.45 bits per heavy atom. The fourth-order valence-corrected chi connectivity index (χ4v) is 4.03. The molecule has 0 saturated heterocycles. The average Bonchev–Trinajstić information content (AvgIpc) is 2.77. The van der Waals surface area contributed by atoms with Crippen LogP contribution in [0.4, 0.5) is 11.5 Å². The summed E-state index contributed by atoms with van der Waals surface area (Å²) in [5.74, 6) is 1.69. The van der Waals surface area contributed by atoms with E-state index >= 15 is 0 Å². The second-order valence-corrected chi connectivity index (χ2v) is 7.98. The first-order valence-electron chi connectivity index (χ1n) is 10.4. The molecule has 0 bridgehead atoms. The fourth-order valence-electron chi connectivity index (χ4n) is 4.03. The van der Waals surface area contributed by atoms with Crippen molar-refractivity contribution >= 4 is 17.1 Å². The number of aromatic hydroxyl groups is 1. The molecule has 1 fully saturated rings. The molecule has 0 spiro atoms. The molecule has 29 heavy (non-hydrogen) atoms. The number of nitrogens with zero attached hydrogens (tertiary/aromatic N) is 3. The van der Waals surface area contributed by atoms with Crippen LogP contribution in [0.25, 0.3) is 5.57 Å². The van der Waals surface area contributed by atoms with Crippen molar-refractivity contribution in [2.24, 2.45) is 0 Å². The summed E-state index contributed by atoms with van der Waals surface area (Å²) in [5.41, 5.74) is 4.41. The van der Waals surface area contributed by atoms with Crippen molar-refractivity contribution in [3.8, 4) is 11.8 Å². The monoisotopic (exact) mass is 386 g/mol. The highest BCUT2D eigenvalue weighted by Crippen LogP contribution is 2.39. The quantitative estimate of drug-likeness (QED) is 0.676. The maximum Gasteiger partial charge on any atom is 0.185 e. The summed E-state index contributed by atoms with van der Waals surface area (Å²) in [6.45, 7) is 2.12. The average molecular weight is 386 g/mol. The molecule has 2 aromatic rings. The Bertz CT molecular complexity index is 993. The van der Waals surface area contributed by atoms with Crippen molar-refractivity contribution in [2.45, 2.75) is 57.8 Å². The van der Waals surface area contributed by atoms with Crippen molar-refractivity contribution in [3.05, 3.63) is 59.1 Å². The van der Waals surface area contributed by atoms with Gasteiger partial charge in [-0.2, -0.15) is 5.26 Å². The fraction of sp³-hybridized carbons (Fsp3) is 0.375. The normalized spacial score (nSPS) is 17.2. The van der Waals surface area contributed by atoms with Gasteiger partial charge in [0.25, 0.3) is 0 Å². The van der Waals surface area contributed by atoms with Gasteiger partial charge >= 0.3 is 0 Å². The third kappa shape index (κ3) is 4.32. The van der Waals surface area contributed by atoms with E-state index in [-0.39, 0.29) is 5.75 Å². The number of aromatic nitrogens is 2. The number of allylic oxidation sites excluding steroid dienone is 4. The number of hydrogen-bond donors (Lipinski definition) is 2. The maximum atomic E-state index is 11.0. The van der Waals surface area contributed by atoms with Crippen LogP contribution < -0.4 is 5.32 Å². The van der Waals surface area contributed by atoms with Gasteiger partial charge in [-0.15, -0.1) is 0 Å². The lowest BCUT2D eigenvalue weighted by Gasteiger charge is -2.23. The van der Waals surface area contributed by atoms with Gasteiger partial charge in [-0.25, -0.2) is 9.97 Å². The van der Waals surface area contributed by atoms with Gasteiger partial charge < -0.3 is 10.4 Å². The molecule has 2 aliphatic carbocycles. The SMILES string of the molecule is CC1=CC=C(c2nc(C3CCCCC3)nc(Nc3ccc(C#N)cc3)c2O)CC1. The summed E-state index contributed by atoms with van der Waals surface area (Å²) in [5, 5.41) is 23.2. The van der Waals surface area contributed by atoms with E-state index in [1.807, 2.05) is 12.1 Å². The van der Waals surface area contributed by atoms with Crippen LogP contribution in [-0.4, -0.2) is 15.1 Å². The summed E-state index contributed by atoms with van der Waals surface area (Å²) in [7, 11) is 0. The van der Waals surface area contributed by atoms with Crippen molar-refractivity contribution in [2.75, 3.05) is 5.32 Å². The first-order chi connectivity index (χ1) is 14.1. The summed E-state index contributed by atoms with van der Waals surface area (Å²) in [6, 6.07) is 9.27. The van der Waals surface area contributed by atoms with E-state index in [0.29, 0.717) is 23.0 Å². The van der Waals surface area contributed by atoms with Crippen LogP contribution in [0.3, 0.4) is 0 Å². The van der Waals surface area contributed by atoms with E-state index in [1.54, 1.807) is 12.1 Å². The predicted molar refractivity (Wildman–Crippen MR) is 115 cm³/mol. The number of rotatable bonds is 4. The minimum absolute atomic E-state index is 0.0909. The summed E-state index contributed by atoms with van der Waals surface area (Å²) in [6.07, 6.45) is 11.9. The highest BCUT2D eigenvalue weighted by molar-refractivity contribution is 5.76. The van der Waals surface area contributed by atoms with Crippen molar-refractivity contribution < 1.29 is 5.11 Å². The van der Waals surface area contributed by atoms with E-state index in [9.17, 15) is 5.11 Å². The van der Waals surface area contributed by atoms with Gasteiger partial charge in [0.2, 0.25) is 0 Å². The Kier molecular flexibility index (Phi) is 5.62. The van der Waals surface area contributed by atoms with Crippen molar-refractivity contribution in [3.63, 3.8) is 0 Å². The van der Waals surface area contributed by atoms with Gasteiger partial charge in [0.15, 0.2) is 11.6 Å². The molecular weight excluding hydrogens is 360 g/mol. The van der Waals surface area contributed by atoms with Crippen LogP contribution in [-0.2, 0) is 0 Å². The number of nitrogens with one attached hydrogen (secondary N) is 1. The molecule has 0 aliphatic heterocycles. The second kappa shape index (κ2) is 8.48. The van der Waals surface area contributed by atoms with E-state index < -0.39 is 0 Å². The van der Waals surface area contributed by atoms with E-state index in [0.717, 1.165) is 42.8 Å². The van der Waals surface area contributed by atoms with Gasteiger partial charge in [0.05, 0.1) is 11.6 Å². The topological polar surface area (TPSA) is 81.8 Å². The van der Waals surface area contributed by atoms with Gasteiger partial charge in [-0.1, -0.05) is 37.0 Å². The molecule has 5 nitrogen and oxygen atoms in total. The Hall–Kier alpha value is -3.13. The number of hydrogen-bond acceptors (Lipinski definition) is 5. The predicted octanol–water partition coefficient (Wildman–Crippen LogP) is 5.97. The zero-order chi connectivity index (χ0) is 20.2. The molecule has 1 aromatic heterocycles. The van der Waals surface area contributed by atoms with Crippen LogP contribution in [0.2, 0.25) is 0 Å². The first-order valence-corrected chi connectivity index (χ1v) is 10.4. The smallest absolute Gasteiger partial charge is 0.185 e. The highest BCUT2D eigenvalue weighted by Gasteiger charge is 2.24. The minimum Gasteiger partial charge on any atom is -0.503 e. The molecule has 2 aliphatic rings. The summed E-state index contributed by atoms with van der Waals surface area (Å²) in [4.78, 5) is 9.56. The molecule has 1 aromatic carbocycles. The molecule has 148 valence electrons. The largest absolute Gasteiger partial charge is 0.503 e. The number of nitriles is 1. The summed E-state index contributed by atoms with van der Waals surface area (Å²) >= 11 is 0. The first kappa shape index (κ1) is 19.2. The standard InChI is InChI=1S/C24H26N4O/c1-16-7-11-18(12-8-16)21-22(29)24(26-20-13-9-17(15-25)10-14-20)28-23(27-21)19-5-3-2-4-6-19/h7,9-11,13-14,19,29H,2-6,8,12H2,1H3,(H,26,27,28). The molecular formula is C24H26N4O. The van der Waals surface area contributed by atoms with E-state index in [4.69, 9.17) is 15.2 Å². The third-order valence-corrected chi connectivity index (χ3v) is 5.81. The molecule has 0 atom stereocenters. The molecule has 0 radical (unpaired) electrons. The van der Waals surface area contributed by atoms with Crippen LogP contribution in [0.15, 0.2) is 42.0 Å². The maximum absolute atomic E-state index is 11.0. The Morgan fingerprint density at radius 1 is 1.03 bits per heavy atom. The summed E-state index contributed by atoms with van der Waals surface area (Å²) < 4.78 is 0. The Morgan fingerprint density at radius 2 is 1.79 bits per heavy atom. The lowest BCUT2D eigenvalue weighted by molar-refractivity contribution is 0.423. The Balaban J connectivity index is 1.74. The minimum atomic E-state index is 0.0909. The van der Waals surface area contributed by atoms with Crippen LogP contribution in [0.1, 0.15) is 74.9 Å². The van der Waals surface area contributed by atoms with Crippen LogP contribution >= 0.6 is 0 Å². The molecule has 1 heterocycles. The van der Waals surface area contributed by atoms with Crippen LogP contribution in [0.5, 0.6) is 5.75 Å². The molecule has 4 rings (SSSR count). The molecule has 0 amide bonds. The molecule has 0 unspecified atom stereocenters. The number of anilines is 2. The second-order valence-electron chi connectivity index (χ2n) is 7.98. The molecule has 5 heteroatoms. The van der Waals surface area contributed by atoms with E-state index in [2.05, 4.69) is 30.5 Å². The van der Waals surface area contributed by atoms with Gasteiger partial charge in [-0.05, 0) is 62.4 Å². The zero-order valence-electron chi connectivity index (χ0n) is 16.8. The lowest BCUT2D eigenvalue weighted by atomic mass is 9.88. The third-order valence-electron chi connectivity index (χ3n) is 5.81.